The summed E-state index contributed by atoms with van der Waals surface area (Å²) in [5, 5.41) is 0. The maximum absolute atomic E-state index is 12.7. The van der Waals surface area contributed by atoms with Crippen molar-refractivity contribution in [2.24, 2.45) is 11.3 Å². The van der Waals surface area contributed by atoms with Crippen molar-refractivity contribution in [1.29, 1.82) is 0 Å². The van der Waals surface area contributed by atoms with Crippen LogP contribution in [0.25, 0.3) is 0 Å². The molecule has 0 spiro atoms. The Balaban J connectivity index is 1.41. The molecule has 7 heteroatoms. The molecule has 25 heavy (non-hydrogen) atoms. The third kappa shape index (κ3) is 3.25. The summed E-state index contributed by atoms with van der Waals surface area (Å²) in [6, 6.07) is 5.54. The fourth-order valence-corrected chi connectivity index (χ4v) is 3.63. The Bertz CT molecular complexity index is 728. The Hall–Kier alpha value is -2.38. The second-order valence-electron chi connectivity index (χ2n) is 6.71. The summed E-state index contributed by atoms with van der Waals surface area (Å²) in [6.45, 7) is 3.69. The van der Waals surface area contributed by atoms with Gasteiger partial charge in [0.1, 0.15) is 12.0 Å². The van der Waals surface area contributed by atoms with Gasteiger partial charge in [-0.2, -0.15) is 0 Å². The molecule has 2 aromatic rings. The van der Waals surface area contributed by atoms with Crippen molar-refractivity contribution < 1.29 is 14.3 Å². The molecule has 2 aromatic heterocycles. The molecule has 2 aliphatic heterocycles. The SMILES string of the molecule is O=C(c1ccncn1)N1C[C@@H]2COC[C@]2(COCc2cccnc2)C1. The molecule has 7 nitrogen and oxygen atoms in total. The van der Waals surface area contributed by atoms with Crippen molar-refractivity contribution in [3.8, 4) is 0 Å². The first kappa shape index (κ1) is 16.1. The van der Waals surface area contributed by atoms with Gasteiger partial charge in [0, 0.05) is 43.0 Å². The van der Waals surface area contributed by atoms with Gasteiger partial charge < -0.3 is 14.4 Å². The second-order valence-corrected chi connectivity index (χ2v) is 6.71. The number of rotatable bonds is 5. The van der Waals surface area contributed by atoms with E-state index in [9.17, 15) is 4.79 Å². The molecule has 0 saturated carbocycles. The summed E-state index contributed by atoms with van der Waals surface area (Å²) in [5.41, 5.74) is 1.34. The molecular weight excluding hydrogens is 320 g/mol. The highest BCUT2D eigenvalue weighted by molar-refractivity contribution is 5.92. The van der Waals surface area contributed by atoms with Crippen LogP contribution in [0.1, 0.15) is 16.1 Å². The molecule has 0 aromatic carbocycles. The van der Waals surface area contributed by atoms with E-state index in [1.807, 2.05) is 17.0 Å². The summed E-state index contributed by atoms with van der Waals surface area (Å²) in [6.07, 6.45) is 6.55. The molecule has 130 valence electrons. The van der Waals surface area contributed by atoms with Crippen molar-refractivity contribution in [2.75, 3.05) is 32.9 Å². The number of ether oxygens (including phenoxy) is 2. The summed E-state index contributed by atoms with van der Waals surface area (Å²) in [4.78, 5) is 26.6. The lowest BCUT2D eigenvalue weighted by molar-refractivity contribution is 0.0185. The lowest BCUT2D eigenvalue weighted by Gasteiger charge is -2.26. The first-order valence-corrected chi connectivity index (χ1v) is 8.36. The van der Waals surface area contributed by atoms with Crippen LogP contribution in [0.5, 0.6) is 0 Å². The highest BCUT2D eigenvalue weighted by Gasteiger charge is 2.52. The van der Waals surface area contributed by atoms with Crippen LogP contribution in [0.2, 0.25) is 0 Å². The zero-order valence-electron chi connectivity index (χ0n) is 13.9. The van der Waals surface area contributed by atoms with Gasteiger partial charge in [-0.3, -0.25) is 9.78 Å². The van der Waals surface area contributed by atoms with Crippen molar-refractivity contribution in [3.63, 3.8) is 0 Å². The molecule has 0 N–H and O–H groups in total. The number of aromatic nitrogens is 3. The van der Waals surface area contributed by atoms with E-state index in [0.29, 0.717) is 51.1 Å². The first-order valence-electron chi connectivity index (χ1n) is 8.36. The standard InChI is InChI=1S/C18H20N4O3/c23-17(16-3-5-20-13-21-16)22-7-15-9-25-12-18(15,10-22)11-24-8-14-2-1-4-19-6-14/h1-6,13,15H,7-12H2/t15-,18-/m1/s1. The van der Waals surface area contributed by atoms with Crippen molar-refractivity contribution >= 4 is 5.91 Å². The van der Waals surface area contributed by atoms with Crippen LogP contribution in [-0.2, 0) is 16.1 Å². The van der Waals surface area contributed by atoms with E-state index in [2.05, 4.69) is 15.0 Å². The fraction of sp³-hybridized carbons (Fsp3) is 0.444. The Kier molecular flexibility index (Phi) is 4.42. The molecule has 0 aliphatic carbocycles. The van der Waals surface area contributed by atoms with Gasteiger partial charge in [-0.1, -0.05) is 6.07 Å². The number of nitrogens with zero attached hydrogens (tertiary/aromatic N) is 4. The highest BCUT2D eigenvalue weighted by atomic mass is 16.5. The monoisotopic (exact) mass is 340 g/mol. The van der Waals surface area contributed by atoms with E-state index in [0.717, 1.165) is 5.56 Å². The van der Waals surface area contributed by atoms with Crippen LogP contribution in [0.4, 0.5) is 0 Å². The van der Waals surface area contributed by atoms with Crippen LogP contribution in [-0.4, -0.2) is 58.7 Å². The van der Waals surface area contributed by atoms with Crippen LogP contribution in [0.3, 0.4) is 0 Å². The van der Waals surface area contributed by atoms with Gasteiger partial charge in [-0.25, -0.2) is 9.97 Å². The lowest BCUT2D eigenvalue weighted by Crippen LogP contribution is -2.37. The number of carbonyl (C=O) groups excluding carboxylic acids is 1. The molecule has 2 saturated heterocycles. The van der Waals surface area contributed by atoms with Crippen molar-refractivity contribution in [1.82, 2.24) is 19.9 Å². The van der Waals surface area contributed by atoms with Gasteiger partial charge >= 0.3 is 0 Å². The third-order valence-corrected chi connectivity index (χ3v) is 4.99. The maximum Gasteiger partial charge on any atom is 0.272 e. The topological polar surface area (TPSA) is 77.4 Å². The Morgan fingerprint density at radius 2 is 2.32 bits per heavy atom. The largest absolute Gasteiger partial charge is 0.380 e. The maximum atomic E-state index is 12.7. The third-order valence-electron chi connectivity index (χ3n) is 4.99. The average molecular weight is 340 g/mol. The van der Waals surface area contributed by atoms with Gasteiger partial charge in [0.15, 0.2) is 0 Å². The number of hydrogen-bond donors (Lipinski definition) is 0. The fourth-order valence-electron chi connectivity index (χ4n) is 3.63. The number of carbonyl (C=O) groups is 1. The number of hydrogen-bond acceptors (Lipinski definition) is 6. The predicted octanol–water partition coefficient (Wildman–Crippen LogP) is 1.18. The second kappa shape index (κ2) is 6.85. The molecule has 2 atom stereocenters. The summed E-state index contributed by atoms with van der Waals surface area (Å²) >= 11 is 0. The van der Waals surface area contributed by atoms with E-state index in [4.69, 9.17) is 9.47 Å². The van der Waals surface area contributed by atoms with Gasteiger partial charge in [-0.05, 0) is 17.7 Å². The minimum Gasteiger partial charge on any atom is -0.380 e. The summed E-state index contributed by atoms with van der Waals surface area (Å²) in [7, 11) is 0. The molecule has 2 aliphatic rings. The van der Waals surface area contributed by atoms with E-state index in [1.54, 1.807) is 24.7 Å². The van der Waals surface area contributed by atoms with E-state index in [-0.39, 0.29) is 11.3 Å². The molecule has 4 rings (SSSR count). The molecule has 0 bridgehead atoms. The normalized spacial score (nSPS) is 25.1. The number of pyridine rings is 1. The number of fused-ring (bicyclic) bond motifs is 1. The minimum atomic E-state index is -0.134. The van der Waals surface area contributed by atoms with Gasteiger partial charge in [0.2, 0.25) is 0 Å². The van der Waals surface area contributed by atoms with Crippen LogP contribution >= 0.6 is 0 Å². The zero-order chi connectivity index (χ0) is 17.1. The molecule has 2 fully saturated rings. The van der Waals surface area contributed by atoms with Gasteiger partial charge in [0.25, 0.3) is 5.91 Å². The Morgan fingerprint density at radius 3 is 3.12 bits per heavy atom. The van der Waals surface area contributed by atoms with E-state index < -0.39 is 0 Å². The summed E-state index contributed by atoms with van der Waals surface area (Å²) in [5.74, 6) is 0.246. The van der Waals surface area contributed by atoms with Crippen molar-refractivity contribution in [2.45, 2.75) is 6.61 Å². The van der Waals surface area contributed by atoms with Gasteiger partial charge in [0.05, 0.1) is 26.4 Å². The molecule has 1 amide bonds. The molecule has 0 unspecified atom stereocenters. The smallest absolute Gasteiger partial charge is 0.272 e. The highest BCUT2D eigenvalue weighted by Crippen LogP contribution is 2.42. The van der Waals surface area contributed by atoms with E-state index in [1.165, 1.54) is 6.33 Å². The average Bonchev–Trinajstić information content (AvgIpc) is 3.20. The lowest BCUT2D eigenvalue weighted by atomic mass is 9.82. The molecule has 0 radical (unpaired) electrons. The Morgan fingerprint density at radius 1 is 1.36 bits per heavy atom. The summed E-state index contributed by atoms with van der Waals surface area (Å²) < 4.78 is 11.7. The molecule has 4 heterocycles. The zero-order valence-corrected chi connectivity index (χ0v) is 13.9. The number of amides is 1. The number of likely N-dealkylation sites (tertiary alicyclic amines) is 1. The van der Waals surface area contributed by atoms with E-state index >= 15 is 0 Å². The van der Waals surface area contributed by atoms with Crippen LogP contribution in [0.15, 0.2) is 43.1 Å². The van der Waals surface area contributed by atoms with Crippen LogP contribution in [0, 0.1) is 11.3 Å². The minimum absolute atomic E-state index is 0.0524. The van der Waals surface area contributed by atoms with Gasteiger partial charge in [-0.15, -0.1) is 0 Å². The Labute approximate surface area is 146 Å². The van der Waals surface area contributed by atoms with Crippen molar-refractivity contribution in [3.05, 3.63) is 54.4 Å². The predicted molar refractivity (Wildman–Crippen MR) is 88.6 cm³/mol. The molecular formula is C18H20N4O3. The quantitative estimate of drug-likeness (QED) is 0.813. The van der Waals surface area contributed by atoms with Crippen LogP contribution < -0.4 is 0 Å². The first-order chi connectivity index (χ1) is 12.3.